The number of carboxylic acids is 1. The molecule has 0 radical (unpaired) electrons. The number of benzene rings is 2. The van der Waals surface area contributed by atoms with Gasteiger partial charge < -0.3 is 20.1 Å². The predicted molar refractivity (Wildman–Crippen MR) is 126 cm³/mol. The second kappa shape index (κ2) is 9.25. The Morgan fingerprint density at radius 1 is 1.09 bits per heavy atom. The molecule has 1 aliphatic carbocycles. The van der Waals surface area contributed by atoms with Crippen LogP contribution in [0.25, 0.3) is 11.1 Å². The molecule has 9 heteroatoms. The molecule has 2 N–H and O–H groups in total. The molecular weight excluding hydrogens is 448 g/mol. The summed E-state index contributed by atoms with van der Waals surface area (Å²) in [7, 11) is 1.73. The van der Waals surface area contributed by atoms with E-state index in [4.69, 9.17) is 9.84 Å². The fraction of sp³-hybridized carbons (Fsp3) is 0.308. The number of rotatable bonds is 7. The van der Waals surface area contributed by atoms with Crippen LogP contribution in [0.5, 0.6) is 0 Å². The van der Waals surface area contributed by atoms with Gasteiger partial charge in [-0.15, -0.1) is 0 Å². The number of carbonyl (C=O) groups excluding carboxylic acids is 2. The molecule has 1 aromatic heterocycles. The van der Waals surface area contributed by atoms with Crippen molar-refractivity contribution in [1.82, 2.24) is 20.0 Å². The molecule has 1 fully saturated rings. The fourth-order valence-electron chi connectivity index (χ4n) is 4.94. The lowest BCUT2D eigenvalue weighted by Gasteiger charge is -2.40. The Bertz CT molecular complexity index is 1230. The highest BCUT2D eigenvalue weighted by Crippen LogP contribution is 2.44. The standard InChI is InChI=1S/C26H26N4O5/c1-29-14-17(11-27-29)24(25(33)30-12-16(13-30)10-23(31)32)28-26(34)35-15-22-20-8-4-2-6-18(20)19-7-3-5-9-21(19)22/h2-9,11,14,16,22,24H,10,12-13,15H2,1H3,(H,28,34)(H,31,32). The van der Waals surface area contributed by atoms with Gasteiger partial charge in [0.15, 0.2) is 0 Å². The average molecular weight is 475 g/mol. The van der Waals surface area contributed by atoms with Gasteiger partial charge in [-0.25, -0.2) is 4.79 Å². The molecule has 1 saturated heterocycles. The number of aryl methyl sites for hydroxylation is 1. The summed E-state index contributed by atoms with van der Waals surface area (Å²) >= 11 is 0. The van der Waals surface area contributed by atoms with Gasteiger partial charge in [0, 0.05) is 43.7 Å². The molecule has 2 aromatic carbocycles. The monoisotopic (exact) mass is 474 g/mol. The van der Waals surface area contributed by atoms with Crippen molar-refractivity contribution >= 4 is 18.0 Å². The number of hydrogen-bond donors (Lipinski definition) is 2. The van der Waals surface area contributed by atoms with Crippen molar-refractivity contribution in [2.75, 3.05) is 19.7 Å². The van der Waals surface area contributed by atoms with Crippen molar-refractivity contribution in [3.63, 3.8) is 0 Å². The van der Waals surface area contributed by atoms with Crippen molar-refractivity contribution in [1.29, 1.82) is 0 Å². The molecule has 2 aliphatic rings. The van der Waals surface area contributed by atoms with Crippen molar-refractivity contribution in [3.8, 4) is 11.1 Å². The zero-order valence-electron chi connectivity index (χ0n) is 19.3. The van der Waals surface area contributed by atoms with E-state index in [0.717, 1.165) is 22.3 Å². The molecular formula is C26H26N4O5. The van der Waals surface area contributed by atoms with Gasteiger partial charge in [-0.05, 0) is 22.3 Å². The Hall–Kier alpha value is -4.14. The SMILES string of the molecule is Cn1cc(C(NC(=O)OCC2c3ccccc3-c3ccccc32)C(=O)N2CC(CC(=O)O)C2)cn1. The van der Waals surface area contributed by atoms with Gasteiger partial charge in [0.2, 0.25) is 5.91 Å². The predicted octanol–water partition coefficient (Wildman–Crippen LogP) is 2.93. The third kappa shape index (κ3) is 4.49. The van der Waals surface area contributed by atoms with E-state index in [1.54, 1.807) is 22.8 Å². The molecule has 5 rings (SSSR count). The van der Waals surface area contributed by atoms with Crippen LogP contribution in [0.15, 0.2) is 60.9 Å². The van der Waals surface area contributed by atoms with Crippen LogP contribution in [0.4, 0.5) is 4.79 Å². The molecule has 0 bridgehead atoms. The zero-order chi connectivity index (χ0) is 24.5. The highest BCUT2D eigenvalue weighted by atomic mass is 16.5. The number of nitrogens with zero attached hydrogens (tertiary/aromatic N) is 3. The minimum atomic E-state index is -0.967. The first kappa shape index (κ1) is 22.6. The van der Waals surface area contributed by atoms with Gasteiger partial charge >= 0.3 is 12.1 Å². The van der Waals surface area contributed by atoms with Crippen molar-refractivity contribution in [3.05, 3.63) is 77.6 Å². The molecule has 1 unspecified atom stereocenters. The average Bonchev–Trinajstić information content (AvgIpc) is 3.39. The van der Waals surface area contributed by atoms with Crippen LogP contribution in [-0.2, 0) is 21.4 Å². The molecule has 0 saturated carbocycles. The highest BCUT2D eigenvalue weighted by molar-refractivity contribution is 5.87. The maximum Gasteiger partial charge on any atom is 0.408 e. The molecule has 180 valence electrons. The molecule has 2 amide bonds. The molecule has 1 atom stereocenters. The topological polar surface area (TPSA) is 114 Å². The van der Waals surface area contributed by atoms with Crippen LogP contribution in [0.3, 0.4) is 0 Å². The number of aromatic nitrogens is 2. The number of carbonyl (C=O) groups is 3. The number of amides is 2. The minimum absolute atomic E-state index is 0.0150. The van der Waals surface area contributed by atoms with Crippen molar-refractivity contribution in [2.24, 2.45) is 13.0 Å². The third-order valence-corrected chi connectivity index (χ3v) is 6.64. The van der Waals surface area contributed by atoms with Crippen molar-refractivity contribution in [2.45, 2.75) is 18.4 Å². The van der Waals surface area contributed by atoms with Crippen molar-refractivity contribution < 1.29 is 24.2 Å². The second-order valence-corrected chi connectivity index (χ2v) is 9.06. The molecule has 9 nitrogen and oxygen atoms in total. The smallest absolute Gasteiger partial charge is 0.408 e. The Balaban J connectivity index is 1.27. The number of aliphatic carboxylic acids is 1. The largest absolute Gasteiger partial charge is 0.481 e. The van der Waals surface area contributed by atoms with Crippen LogP contribution in [0.1, 0.15) is 35.1 Å². The third-order valence-electron chi connectivity index (χ3n) is 6.64. The van der Waals surface area contributed by atoms with E-state index in [1.165, 1.54) is 6.20 Å². The van der Waals surface area contributed by atoms with E-state index < -0.39 is 18.1 Å². The summed E-state index contributed by atoms with van der Waals surface area (Å²) in [6.45, 7) is 0.820. The first-order valence-corrected chi connectivity index (χ1v) is 11.5. The van der Waals surface area contributed by atoms with Gasteiger partial charge in [0.1, 0.15) is 12.6 Å². The Morgan fingerprint density at radius 3 is 2.29 bits per heavy atom. The molecule has 2 heterocycles. The van der Waals surface area contributed by atoms with Crippen LogP contribution in [-0.4, -0.2) is 57.5 Å². The lowest BCUT2D eigenvalue weighted by atomic mass is 9.95. The van der Waals surface area contributed by atoms with E-state index in [-0.39, 0.29) is 30.8 Å². The number of fused-ring (bicyclic) bond motifs is 3. The van der Waals surface area contributed by atoms with E-state index in [9.17, 15) is 14.4 Å². The quantitative estimate of drug-likeness (QED) is 0.544. The van der Waals surface area contributed by atoms with E-state index >= 15 is 0 Å². The Morgan fingerprint density at radius 2 is 1.71 bits per heavy atom. The number of carboxylic acid groups (broad SMARTS) is 1. The van der Waals surface area contributed by atoms with Gasteiger partial charge in [-0.2, -0.15) is 5.10 Å². The van der Waals surface area contributed by atoms with Crippen LogP contribution in [0, 0.1) is 5.92 Å². The summed E-state index contributed by atoms with van der Waals surface area (Å²) in [6.07, 6.45) is 2.51. The minimum Gasteiger partial charge on any atom is -0.481 e. The first-order chi connectivity index (χ1) is 16.9. The maximum atomic E-state index is 13.2. The second-order valence-electron chi connectivity index (χ2n) is 9.06. The van der Waals surface area contributed by atoms with E-state index in [2.05, 4.69) is 22.5 Å². The molecule has 0 spiro atoms. The molecule has 3 aromatic rings. The lowest BCUT2D eigenvalue weighted by molar-refractivity contribution is -0.146. The van der Waals surface area contributed by atoms with E-state index in [0.29, 0.717) is 18.7 Å². The lowest BCUT2D eigenvalue weighted by Crippen LogP contribution is -2.54. The summed E-state index contributed by atoms with van der Waals surface area (Å²) in [6, 6.07) is 15.2. The first-order valence-electron chi connectivity index (χ1n) is 11.5. The maximum absolute atomic E-state index is 13.2. The fourth-order valence-corrected chi connectivity index (χ4v) is 4.94. The number of hydrogen-bond acceptors (Lipinski definition) is 5. The normalized spacial score (nSPS) is 15.6. The van der Waals surface area contributed by atoms with Gasteiger partial charge in [0.05, 0.1) is 12.6 Å². The van der Waals surface area contributed by atoms with Crippen LogP contribution >= 0.6 is 0 Å². The Kier molecular flexibility index (Phi) is 5.98. The summed E-state index contributed by atoms with van der Waals surface area (Å²) in [5, 5.41) is 15.8. The van der Waals surface area contributed by atoms with E-state index in [1.807, 2.05) is 36.4 Å². The number of likely N-dealkylation sites (tertiary alicyclic amines) is 1. The van der Waals surface area contributed by atoms with Crippen LogP contribution < -0.4 is 5.32 Å². The number of ether oxygens (including phenoxy) is 1. The zero-order valence-corrected chi connectivity index (χ0v) is 19.3. The summed E-state index contributed by atoms with van der Waals surface area (Å²) < 4.78 is 7.18. The summed E-state index contributed by atoms with van der Waals surface area (Å²) in [5.74, 6) is -1.37. The number of nitrogens with one attached hydrogen (secondary N) is 1. The van der Waals surface area contributed by atoms with Gasteiger partial charge in [-0.3, -0.25) is 14.3 Å². The summed E-state index contributed by atoms with van der Waals surface area (Å²) in [4.78, 5) is 38.5. The van der Waals surface area contributed by atoms with Gasteiger partial charge in [-0.1, -0.05) is 48.5 Å². The number of alkyl carbamates (subject to hydrolysis) is 1. The molecule has 1 aliphatic heterocycles. The van der Waals surface area contributed by atoms with Gasteiger partial charge in [0.25, 0.3) is 0 Å². The molecule has 35 heavy (non-hydrogen) atoms. The Labute approximate surface area is 202 Å². The van der Waals surface area contributed by atoms with Crippen LogP contribution in [0.2, 0.25) is 0 Å². The summed E-state index contributed by atoms with van der Waals surface area (Å²) in [5.41, 5.74) is 5.01. The highest BCUT2D eigenvalue weighted by Gasteiger charge is 2.37.